The number of para-hydroxylation sites is 1. The molecule has 0 aliphatic carbocycles. The Morgan fingerprint density at radius 1 is 1.16 bits per heavy atom. The Balaban J connectivity index is 1.10. The van der Waals surface area contributed by atoms with E-state index in [0.29, 0.717) is 23.9 Å². The number of fused-ring (bicyclic) bond motifs is 2. The summed E-state index contributed by atoms with van der Waals surface area (Å²) in [6.07, 6.45) is 4.49. The molecule has 1 aromatic heterocycles. The highest BCUT2D eigenvalue weighted by atomic mass is 35.5. The molecule has 2 fully saturated rings. The summed E-state index contributed by atoms with van der Waals surface area (Å²) in [5, 5.41) is 9.86. The lowest BCUT2D eigenvalue weighted by Crippen LogP contribution is -2.35. The molecular formula is C34H34ClN3O5. The van der Waals surface area contributed by atoms with Gasteiger partial charge < -0.3 is 23.9 Å². The van der Waals surface area contributed by atoms with Crippen LogP contribution in [0.2, 0.25) is 5.02 Å². The average molecular weight is 604 g/mol. The number of carboxylic acid groups (broad SMARTS) is 1. The van der Waals surface area contributed by atoms with Crippen molar-refractivity contribution in [1.82, 2.24) is 14.5 Å². The molecule has 8 nitrogen and oxygen atoms in total. The summed E-state index contributed by atoms with van der Waals surface area (Å²) in [4.78, 5) is 18.9. The van der Waals surface area contributed by atoms with Crippen molar-refractivity contribution in [3.8, 4) is 11.5 Å². The third kappa shape index (κ3) is 5.51. The predicted octanol–water partition coefficient (Wildman–Crippen LogP) is 6.71. The highest BCUT2D eigenvalue weighted by molar-refractivity contribution is 6.30. The van der Waals surface area contributed by atoms with Gasteiger partial charge in [-0.15, -0.1) is 0 Å². The summed E-state index contributed by atoms with van der Waals surface area (Å²) >= 11 is 6.16. The SMILES string of the molecule is [2H]C([2H])([2H])Oc1cc(Cl)ccc1[C@@]1([2H])C=Cc2cccc(C3CCN(Cc4nc5ccc(C(=O)O)cc5n4C[C@@H]4CCO4)CC3)c2O1. The van der Waals surface area contributed by atoms with Crippen LogP contribution in [0.5, 0.6) is 11.5 Å². The molecule has 0 saturated carbocycles. The van der Waals surface area contributed by atoms with E-state index in [2.05, 4.69) is 9.47 Å². The molecule has 0 bridgehead atoms. The first-order valence-electron chi connectivity index (χ1n) is 16.5. The molecule has 3 aliphatic rings. The third-order valence-electron chi connectivity index (χ3n) is 8.67. The second-order valence-electron chi connectivity index (χ2n) is 11.3. The number of halogens is 1. The van der Waals surface area contributed by atoms with Gasteiger partial charge in [-0.3, -0.25) is 4.90 Å². The molecule has 4 aromatic rings. The molecule has 0 amide bonds. The van der Waals surface area contributed by atoms with Gasteiger partial charge in [0.15, 0.2) is 0 Å². The minimum Gasteiger partial charge on any atom is -0.496 e. The normalized spacial score (nSPS) is 23.8. The van der Waals surface area contributed by atoms with E-state index in [4.69, 9.17) is 34.9 Å². The number of nitrogens with zero attached hydrogens (tertiary/aromatic N) is 3. The van der Waals surface area contributed by atoms with Gasteiger partial charge in [-0.25, -0.2) is 9.78 Å². The van der Waals surface area contributed by atoms with Crippen LogP contribution in [0.25, 0.3) is 17.1 Å². The smallest absolute Gasteiger partial charge is 0.335 e. The number of hydrogen-bond donors (Lipinski definition) is 1. The lowest BCUT2D eigenvalue weighted by Gasteiger charge is -2.34. The number of aromatic nitrogens is 2. The third-order valence-corrected chi connectivity index (χ3v) is 8.90. The van der Waals surface area contributed by atoms with Crippen molar-refractivity contribution in [3.63, 3.8) is 0 Å². The first-order valence-corrected chi connectivity index (χ1v) is 14.9. The number of likely N-dealkylation sites (tertiary alicyclic amines) is 1. The molecule has 4 heterocycles. The number of rotatable bonds is 8. The summed E-state index contributed by atoms with van der Waals surface area (Å²) in [7, 11) is -2.72. The van der Waals surface area contributed by atoms with Crippen LogP contribution >= 0.6 is 11.6 Å². The van der Waals surface area contributed by atoms with Gasteiger partial charge in [0.05, 0.1) is 48.3 Å². The van der Waals surface area contributed by atoms with Gasteiger partial charge >= 0.3 is 5.97 Å². The van der Waals surface area contributed by atoms with Crippen LogP contribution in [-0.2, 0) is 17.8 Å². The standard InChI is InChI=1S/C34H34ClN3O5/c1-41-31-18-24(35)7-8-27(31)30-10-6-22-3-2-4-26(33(22)43-30)21-11-14-37(15-12-21)20-32-36-28-9-5-23(34(39)40)17-29(28)38(32)19-25-13-16-42-25/h2-10,17-18,21,25,30H,11-16,19-20H2,1H3,(H,39,40)/t25-,30+/m0/s1/i1D3,30D. The Bertz CT molecular complexity index is 1870. The summed E-state index contributed by atoms with van der Waals surface area (Å²) in [5.41, 5.74) is 3.91. The molecule has 3 aliphatic heterocycles. The number of imidazole rings is 1. The van der Waals surface area contributed by atoms with Crippen molar-refractivity contribution >= 4 is 34.7 Å². The van der Waals surface area contributed by atoms with Crippen molar-refractivity contribution in [2.24, 2.45) is 0 Å². The summed E-state index contributed by atoms with van der Waals surface area (Å²) < 4.78 is 51.6. The van der Waals surface area contributed by atoms with Gasteiger partial charge in [-0.1, -0.05) is 35.9 Å². The number of ether oxygens (including phenoxy) is 3. The maximum absolute atomic E-state index is 11.7. The van der Waals surface area contributed by atoms with E-state index in [1.54, 1.807) is 36.4 Å². The van der Waals surface area contributed by atoms with Crippen LogP contribution in [0.15, 0.2) is 60.7 Å². The Kier molecular flexibility index (Phi) is 6.41. The van der Waals surface area contributed by atoms with Gasteiger partial charge in [0, 0.05) is 22.8 Å². The van der Waals surface area contributed by atoms with E-state index in [1.807, 2.05) is 24.3 Å². The van der Waals surface area contributed by atoms with E-state index < -0.39 is 19.1 Å². The number of hydrogen-bond acceptors (Lipinski definition) is 6. The van der Waals surface area contributed by atoms with Crippen molar-refractivity contribution in [2.45, 2.75) is 50.5 Å². The number of benzene rings is 3. The van der Waals surface area contributed by atoms with Crippen molar-refractivity contribution < 1.29 is 29.6 Å². The maximum atomic E-state index is 11.7. The first-order chi connectivity index (χ1) is 22.5. The van der Waals surface area contributed by atoms with E-state index in [9.17, 15) is 11.3 Å². The number of piperidine rings is 1. The summed E-state index contributed by atoms with van der Waals surface area (Å²) in [6, 6.07) is 15.6. The van der Waals surface area contributed by atoms with E-state index >= 15 is 0 Å². The van der Waals surface area contributed by atoms with E-state index in [1.165, 1.54) is 6.07 Å². The molecule has 2 saturated heterocycles. The molecule has 2 atom stereocenters. The van der Waals surface area contributed by atoms with Crippen LogP contribution in [0.3, 0.4) is 0 Å². The number of carbonyl (C=O) groups is 1. The zero-order valence-electron chi connectivity index (χ0n) is 27.5. The minimum atomic E-state index is -2.72. The van der Waals surface area contributed by atoms with Gasteiger partial charge in [0.25, 0.3) is 0 Å². The molecule has 0 unspecified atom stereocenters. The van der Waals surface area contributed by atoms with Crippen LogP contribution in [-0.4, -0.2) is 58.4 Å². The Morgan fingerprint density at radius 2 is 2.02 bits per heavy atom. The lowest BCUT2D eigenvalue weighted by molar-refractivity contribution is -0.0592. The topological polar surface area (TPSA) is 86.1 Å². The Morgan fingerprint density at radius 3 is 2.79 bits per heavy atom. The molecule has 0 radical (unpaired) electrons. The van der Waals surface area contributed by atoms with Crippen molar-refractivity contribution in [3.05, 3.63) is 93.8 Å². The Hall–Kier alpha value is -3.85. The van der Waals surface area contributed by atoms with Gasteiger partial charge in [0.2, 0.25) is 0 Å². The molecule has 43 heavy (non-hydrogen) atoms. The molecule has 222 valence electrons. The van der Waals surface area contributed by atoms with Crippen molar-refractivity contribution in [1.29, 1.82) is 0 Å². The number of methoxy groups -OCH3 is 1. The maximum Gasteiger partial charge on any atom is 0.335 e. The van der Waals surface area contributed by atoms with E-state index in [0.717, 1.165) is 66.9 Å². The molecule has 7 rings (SSSR count). The molecular weight excluding hydrogens is 566 g/mol. The van der Waals surface area contributed by atoms with Gasteiger partial charge in [0.1, 0.15) is 23.4 Å². The highest BCUT2D eigenvalue weighted by Crippen LogP contribution is 2.43. The summed E-state index contributed by atoms with van der Waals surface area (Å²) in [6.45, 7) is 3.62. The molecule has 1 N–H and O–H groups in total. The van der Waals surface area contributed by atoms with Gasteiger partial charge in [-0.05, 0) is 86.3 Å². The van der Waals surface area contributed by atoms with Crippen LogP contribution in [0, 0.1) is 0 Å². The van der Waals surface area contributed by atoms with Crippen LogP contribution in [0.1, 0.15) is 69.6 Å². The zero-order valence-corrected chi connectivity index (χ0v) is 24.2. The van der Waals surface area contributed by atoms with Crippen LogP contribution in [0.4, 0.5) is 0 Å². The van der Waals surface area contributed by atoms with E-state index in [-0.39, 0.29) is 28.9 Å². The lowest BCUT2D eigenvalue weighted by atomic mass is 9.87. The molecule has 0 spiro atoms. The fraction of sp³-hybridized carbons (Fsp3) is 0.353. The van der Waals surface area contributed by atoms with Crippen molar-refractivity contribution in [2.75, 3.05) is 26.7 Å². The molecule has 9 heteroatoms. The highest BCUT2D eigenvalue weighted by Gasteiger charge is 2.29. The summed E-state index contributed by atoms with van der Waals surface area (Å²) in [5.74, 6) is 0.681. The zero-order chi connectivity index (χ0) is 32.9. The molecule has 3 aromatic carbocycles. The second-order valence-corrected chi connectivity index (χ2v) is 11.7. The predicted molar refractivity (Wildman–Crippen MR) is 165 cm³/mol. The van der Waals surface area contributed by atoms with Crippen LogP contribution < -0.4 is 9.47 Å². The average Bonchev–Trinajstić information content (AvgIpc) is 3.34. The number of aromatic carboxylic acids is 1. The fourth-order valence-corrected chi connectivity index (χ4v) is 6.41. The largest absolute Gasteiger partial charge is 0.496 e. The quantitative estimate of drug-likeness (QED) is 0.239. The Labute approximate surface area is 261 Å². The second kappa shape index (κ2) is 11.7. The minimum absolute atomic E-state index is 0.0273. The number of carboxylic acids is 1. The van der Waals surface area contributed by atoms with Gasteiger partial charge in [-0.2, -0.15) is 0 Å². The first kappa shape index (κ1) is 23.6. The fourth-order valence-electron chi connectivity index (χ4n) is 6.25. The monoisotopic (exact) mass is 603 g/mol.